The average Bonchev–Trinajstić information content (AvgIpc) is 2.91. The minimum Gasteiger partial charge on any atom is -0.423 e. The maximum Gasteiger partial charge on any atom is 0.314 e. The molecule has 202 valence electrons. The summed E-state index contributed by atoms with van der Waals surface area (Å²) >= 11 is 0. The summed E-state index contributed by atoms with van der Waals surface area (Å²) in [6.45, 7) is 4.28. The molecule has 4 rings (SSSR count). The lowest BCUT2D eigenvalue weighted by Gasteiger charge is -2.30. The first-order valence-electron chi connectivity index (χ1n) is 14.4. The van der Waals surface area contributed by atoms with Crippen LogP contribution in [0.25, 0.3) is 0 Å². The van der Waals surface area contributed by atoms with Crippen molar-refractivity contribution in [2.75, 3.05) is 0 Å². The van der Waals surface area contributed by atoms with Crippen molar-refractivity contribution in [3.8, 4) is 5.75 Å². The number of benzene rings is 2. The van der Waals surface area contributed by atoms with Crippen LogP contribution in [0.2, 0.25) is 0 Å². The van der Waals surface area contributed by atoms with Crippen molar-refractivity contribution in [1.29, 1.82) is 0 Å². The highest BCUT2D eigenvalue weighted by Gasteiger charge is 2.32. The van der Waals surface area contributed by atoms with Crippen molar-refractivity contribution in [3.63, 3.8) is 0 Å². The third kappa shape index (κ3) is 6.78. The normalized spacial score (nSPS) is 24.1. The van der Waals surface area contributed by atoms with Gasteiger partial charge in [-0.2, -0.15) is 0 Å². The molecule has 0 bridgehead atoms. The van der Waals surface area contributed by atoms with Gasteiger partial charge in [-0.15, -0.1) is 0 Å². The van der Waals surface area contributed by atoms with E-state index in [9.17, 15) is 9.18 Å². The highest BCUT2D eigenvalue weighted by atomic mass is 19.2. The highest BCUT2D eigenvalue weighted by molar-refractivity contribution is 5.75. The summed E-state index contributed by atoms with van der Waals surface area (Å²) in [6, 6.07) is 8.33. The molecule has 0 amide bonds. The number of rotatable bonds is 9. The lowest BCUT2D eigenvalue weighted by molar-refractivity contribution is -0.140. The van der Waals surface area contributed by atoms with Crippen molar-refractivity contribution in [3.05, 3.63) is 64.5 Å². The number of hydrogen-bond acceptors (Lipinski definition) is 2. The van der Waals surface area contributed by atoms with Gasteiger partial charge in [0.2, 0.25) is 0 Å². The molecule has 37 heavy (non-hydrogen) atoms. The molecule has 0 atom stereocenters. The molecular weight excluding hydrogens is 473 g/mol. The van der Waals surface area contributed by atoms with Crippen LogP contribution in [0.5, 0.6) is 5.75 Å². The molecule has 0 spiro atoms. The van der Waals surface area contributed by atoms with Gasteiger partial charge in [0.25, 0.3) is 0 Å². The second-order valence-corrected chi connectivity index (χ2v) is 11.2. The van der Waals surface area contributed by atoms with E-state index in [1.165, 1.54) is 25.0 Å². The fourth-order valence-corrected chi connectivity index (χ4v) is 6.38. The first-order chi connectivity index (χ1) is 17.9. The van der Waals surface area contributed by atoms with Gasteiger partial charge >= 0.3 is 5.97 Å². The number of aryl methyl sites for hydroxylation is 1. The predicted molar refractivity (Wildman–Crippen MR) is 141 cm³/mol. The van der Waals surface area contributed by atoms with Crippen LogP contribution in [0.1, 0.15) is 119 Å². The highest BCUT2D eigenvalue weighted by Crippen LogP contribution is 2.42. The van der Waals surface area contributed by atoms with E-state index in [1.807, 2.05) is 0 Å². The number of unbranched alkanes of at least 4 members (excludes halogenated alkanes) is 1. The molecule has 2 nitrogen and oxygen atoms in total. The average molecular weight is 515 g/mol. The summed E-state index contributed by atoms with van der Waals surface area (Å²) in [7, 11) is 0. The molecule has 0 aliphatic heterocycles. The fraction of sp³-hybridized carbons (Fsp3) is 0.594. The Labute approximate surface area is 220 Å². The van der Waals surface area contributed by atoms with Crippen LogP contribution in [0.3, 0.4) is 0 Å². The van der Waals surface area contributed by atoms with Gasteiger partial charge in [-0.1, -0.05) is 51.3 Å². The summed E-state index contributed by atoms with van der Waals surface area (Å²) < 4.78 is 50.2. The Morgan fingerprint density at radius 3 is 1.95 bits per heavy atom. The molecule has 2 aliphatic rings. The molecule has 0 N–H and O–H groups in total. The van der Waals surface area contributed by atoms with E-state index in [0.29, 0.717) is 36.8 Å². The number of esters is 1. The second kappa shape index (κ2) is 13.0. The van der Waals surface area contributed by atoms with E-state index in [2.05, 4.69) is 13.8 Å². The summed E-state index contributed by atoms with van der Waals surface area (Å²) in [6.07, 6.45) is 11.4. The molecule has 2 aromatic rings. The van der Waals surface area contributed by atoms with Crippen LogP contribution in [0.4, 0.5) is 13.2 Å². The first kappa shape index (κ1) is 27.7. The molecule has 0 unspecified atom stereocenters. The van der Waals surface area contributed by atoms with Crippen molar-refractivity contribution < 1.29 is 22.7 Å². The van der Waals surface area contributed by atoms with Crippen molar-refractivity contribution in [2.24, 2.45) is 11.8 Å². The minimum atomic E-state index is -0.718. The number of carbonyl (C=O) groups excluding carboxylic acids is 1. The quantitative estimate of drug-likeness (QED) is 0.246. The summed E-state index contributed by atoms with van der Waals surface area (Å²) in [4.78, 5) is 12.7. The molecule has 2 saturated carbocycles. The maximum absolute atomic E-state index is 15.2. The van der Waals surface area contributed by atoms with Gasteiger partial charge in [-0.25, -0.2) is 13.2 Å². The zero-order chi connectivity index (χ0) is 26.4. The maximum atomic E-state index is 15.2. The molecule has 2 aliphatic carbocycles. The summed E-state index contributed by atoms with van der Waals surface area (Å²) in [5.74, 6) is -2.07. The Hall–Kier alpha value is -2.30. The zero-order valence-electron chi connectivity index (χ0n) is 22.3. The van der Waals surface area contributed by atoms with E-state index >= 15 is 8.78 Å². The Bertz CT molecular complexity index is 1050. The zero-order valence-corrected chi connectivity index (χ0v) is 22.3. The lowest BCUT2D eigenvalue weighted by Crippen LogP contribution is -2.26. The predicted octanol–water partition coefficient (Wildman–Crippen LogP) is 9.40. The monoisotopic (exact) mass is 514 g/mol. The van der Waals surface area contributed by atoms with Crippen LogP contribution in [0, 0.1) is 29.3 Å². The van der Waals surface area contributed by atoms with Gasteiger partial charge in [0.1, 0.15) is 0 Å². The van der Waals surface area contributed by atoms with E-state index < -0.39 is 23.4 Å². The van der Waals surface area contributed by atoms with Crippen LogP contribution in [-0.2, 0) is 11.2 Å². The first-order valence-corrected chi connectivity index (χ1v) is 14.4. The Morgan fingerprint density at radius 1 is 0.811 bits per heavy atom. The molecule has 0 radical (unpaired) electrons. The number of hydrogen-bond donors (Lipinski definition) is 0. The van der Waals surface area contributed by atoms with Crippen LogP contribution < -0.4 is 4.74 Å². The molecule has 5 heteroatoms. The van der Waals surface area contributed by atoms with Gasteiger partial charge in [-0.3, -0.25) is 4.79 Å². The van der Waals surface area contributed by atoms with Gasteiger partial charge < -0.3 is 4.74 Å². The van der Waals surface area contributed by atoms with E-state index in [1.54, 1.807) is 18.2 Å². The van der Waals surface area contributed by atoms with E-state index in [4.69, 9.17) is 4.74 Å². The fourth-order valence-electron chi connectivity index (χ4n) is 6.38. The molecule has 0 heterocycles. The third-order valence-corrected chi connectivity index (χ3v) is 8.65. The van der Waals surface area contributed by atoms with Crippen molar-refractivity contribution in [2.45, 2.75) is 109 Å². The Morgan fingerprint density at radius 2 is 1.41 bits per heavy atom. The van der Waals surface area contributed by atoms with Crippen molar-refractivity contribution in [1.82, 2.24) is 0 Å². The van der Waals surface area contributed by atoms with Crippen LogP contribution >= 0.6 is 0 Å². The van der Waals surface area contributed by atoms with E-state index in [-0.39, 0.29) is 23.5 Å². The number of ether oxygens (including phenoxy) is 1. The Kier molecular flexibility index (Phi) is 9.72. The third-order valence-electron chi connectivity index (χ3n) is 8.65. The lowest BCUT2D eigenvalue weighted by atomic mass is 9.75. The van der Waals surface area contributed by atoms with Crippen LogP contribution in [0.15, 0.2) is 30.3 Å². The van der Waals surface area contributed by atoms with Gasteiger partial charge in [0.05, 0.1) is 5.92 Å². The molecular formula is C32H41F3O2. The summed E-state index contributed by atoms with van der Waals surface area (Å²) in [5, 5.41) is 0. The van der Waals surface area contributed by atoms with Crippen LogP contribution in [-0.4, -0.2) is 5.97 Å². The second-order valence-electron chi connectivity index (χ2n) is 11.2. The molecule has 0 aromatic heterocycles. The minimum absolute atomic E-state index is 0.0418. The number of halogens is 3. The smallest absolute Gasteiger partial charge is 0.314 e. The van der Waals surface area contributed by atoms with Crippen molar-refractivity contribution >= 4 is 5.97 Å². The SMILES string of the molecule is CCCCc1ccc(OC(=O)C2CCC(c3ccc(C4CCC(CCC)CC4)c(F)c3F)CC2)c(F)c1. The van der Waals surface area contributed by atoms with Gasteiger partial charge in [-0.05, 0) is 111 Å². The number of carbonyl (C=O) groups is 1. The molecule has 0 saturated heterocycles. The van der Waals surface area contributed by atoms with Gasteiger partial charge in [0, 0.05) is 0 Å². The molecule has 2 aromatic carbocycles. The topological polar surface area (TPSA) is 26.3 Å². The largest absolute Gasteiger partial charge is 0.423 e. The molecule has 2 fully saturated rings. The van der Waals surface area contributed by atoms with E-state index in [0.717, 1.165) is 56.4 Å². The Balaban J connectivity index is 1.33. The van der Waals surface area contributed by atoms with Gasteiger partial charge in [0.15, 0.2) is 23.2 Å². The summed E-state index contributed by atoms with van der Waals surface area (Å²) in [5.41, 5.74) is 1.83. The standard InChI is InChI=1S/C32H41F3O2/c1-3-5-7-22-10-19-29(28(33)20-22)37-32(36)25-15-13-24(14-16-25)27-18-17-26(30(34)31(27)35)23-11-8-21(6-4-2)9-12-23/h10,17-21,23-25H,3-9,11-16H2,1-2H3.